The molecule has 0 radical (unpaired) electrons. The number of amides is 1. The predicted molar refractivity (Wildman–Crippen MR) is 103 cm³/mol. The summed E-state index contributed by atoms with van der Waals surface area (Å²) < 4.78 is 0. The maximum Gasteiger partial charge on any atom is 0.269 e. The van der Waals surface area contributed by atoms with Gasteiger partial charge < -0.3 is 11.1 Å². The van der Waals surface area contributed by atoms with Gasteiger partial charge >= 0.3 is 0 Å². The third-order valence-electron chi connectivity index (χ3n) is 4.53. The average Bonchev–Trinajstić information content (AvgIpc) is 2.62. The van der Waals surface area contributed by atoms with Crippen LogP contribution in [0.15, 0.2) is 47.4 Å². The van der Waals surface area contributed by atoms with Crippen LogP contribution in [0.2, 0.25) is 0 Å². The molecule has 0 aliphatic heterocycles. The minimum atomic E-state index is -0.433. The molecule has 2 aromatic rings. The highest BCUT2D eigenvalue weighted by molar-refractivity contribution is 8.00. The van der Waals surface area contributed by atoms with E-state index in [-0.39, 0.29) is 22.9 Å². The molecule has 0 bridgehead atoms. The van der Waals surface area contributed by atoms with Crippen LogP contribution in [0.3, 0.4) is 0 Å². The summed E-state index contributed by atoms with van der Waals surface area (Å²) in [5.74, 6) is -0.0389. The summed E-state index contributed by atoms with van der Waals surface area (Å²) in [5, 5.41) is 13.6. The van der Waals surface area contributed by atoms with E-state index in [0.29, 0.717) is 0 Å². The highest BCUT2D eigenvalue weighted by Crippen LogP contribution is 2.32. The van der Waals surface area contributed by atoms with Crippen molar-refractivity contribution in [1.29, 1.82) is 0 Å². The van der Waals surface area contributed by atoms with E-state index in [2.05, 4.69) is 5.32 Å². The van der Waals surface area contributed by atoms with Gasteiger partial charge in [-0.05, 0) is 61.6 Å². The maximum absolute atomic E-state index is 12.6. The first-order valence-electron chi connectivity index (χ1n) is 8.54. The SMILES string of the molecule is CC(Sc1ccc([N+](=O)[O-])cc1)C(=O)NC1CCCc2cc(N)ccc21. The van der Waals surface area contributed by atoms with Crippen molar-refractivity contribution in [2.75, 3.05) is 5.73 Å². The Morgan fingerprint density at radius 2 is 2.04 bits per heavy atom. The number of aryl methyl sites for hydroxylation is 1. The summed E-state index contributed by atoms with van der Waals surface area (Å²) in [6.07, 6.45) is 2.92. The quantitative estimate of drug-likeness (QED) is 0.360. The number of nitrogens with zero attached hydrogens (tertiary/aromatic N) is 1. The van der Waals surface area contributed by atoms with Crippen molar-refractivity contribution in [3.05, 3.63) is 63.7 Å². The molecule has 2 unspecified atom stereocenters. The monoisotopic (exact) mass is 371 g/mol. The predicted octanol–water partition coefficient (Wildman–Crippen LogP) is 3.85. The molecule has 1 amide bonds. The van der Waals surface area contributed by atoms with Crippen molar-refractivity contribution >= 4 is 29.0 Å². The molecule has 3 rings (SSSR count). The Morgan fingerprint density at radius 1 is 1.31 bits per heavy atom. The van der Waals surface area contributed by atoms with Gasteiger partial charge in [-0.15, -0.1) is 11.8 Å². The Bertz CT molecular complexity index is 823. The smallest absolute Gasteiger partial charge is 0.269 e. The van der Waals surface area contributed by atoms with Crippen LogP contribution in [0, 0.1) is 10.1 Å². The molecule has 0 spiro atoms. The second kappa shape index (κ2) is 7.78. The van der Waals surface area contributed by atoms with E-state index in [4.69, 9.17) is 5.73 Å². The number of benzene rings is 2. The van der Waals surface area contributed by atoms with Crippen molar-refractivity contribution < 1.29 is 9.72 Å². The zero-order valence-electron chi connectivity index (χ0n) is 14.5. The van der Waals surface area contributed by atoms with Crippen LogP contribution in [0.25, 0.3) is 0 Å². The van der Waals surface area contributed by atoms with Gasteiger partial charge in [0.15, 0.2) is 0 Å². The molecule has 0 fully saturated rings. The second-order valence-corrected chi connectivity index (χ2v) is 7.84. The Balaban J connectivity index is 1.64. The van der Waals surface area contributed by atoms with Crippen molar-refractivity contribution in [2.45, 2.75) is 42.4 Å². The molecule has 0 heterocycles. The van der Waals surface area contributed by atoms with Crippen LogP contribution in [0.1, 0.15) is 36.9 Å². The number of nitrogens with one attached hydrogen (secondary N) is 1. The zero-order valence-corrected chi connectivity index (χ0v) is 15.3. The van der Waals surface area contributed by atoms with Gasteiger partial charge in [-0.2, -0.15) is 0 Å². The fourth-order valence-corrected chi connectivity index (χ4v) is 4.05. The van der Waals surface area contributed by atoms with Crippen LogP contribution in [-0.4, -0.2) is 16.1 Å². The first-order chi connectivity index (χ1) is 12.4. The summed E-state index contributed by atoms with van der Waals surface area (Å²) in [6, 6.07) is 12.1. The first kappa shape index (κ1) is 18.3. The molecular formula is C19H21N3O3S. The van der Waals surface area contributed by atoms with Crippen LogP contribution in [0.4, 0.5) is 11.4 Å². The number of nitrogen functional groups attached to an aromatic ring is 1. The third-order valence-corrected chi connectivity index (χ3v) is 5.64. The summed E-state index contributed by atoms with van der Waals surface area (Å²) in [6.45, 7) is 1.84. The normalized spacial score (nSPS) is 17.2. The van der Waals surface area contributed by atoms with Gasteiger partial charge in [0.1, 0.15) is 0 Å². The van der Waals surface area contributed by atoms with Crippen LogP contribution < -0.4 is 11.1 Å². The molecule has 1 aliphatic rings. The molecule has 2 atom stereocenters. The number of nitro groups is 1. The molecule has 6 nitrogen and oxygen atoms in total. The summed E-state index contributed by atoms with van der Waals surface area (Å²) >= 11 is 1.39. The molecule has 26 heavy (non-hydrogen) atoms. The highest BCUT2D eigenvalue weighted by atomic mass is 32.2. The Morgan fingerprint density at radius 3 is 2.73 bits per heavy atom. The van der Waals surface area contributed by atoms with Gasteiger partial charge in [0.2, 0.25) is 5.91 Å². The van der Waals surface area contributed by atoms with Gasteiger partial charge in [0, 0.05) is 22.7 Å². The van der Waals surface area contributed by atoms with Gasteiger partial charge in [0.05, 0.1) is 16.2 Å². The number of rotatable bonds is 5. The topological polar surface area (TPSA) is 98.3 Å². The minimum Gasteiger partial charge on any atom is -0.399 e. The third kappa shape index (κ3) is 4.16. The lowest BCUT2D eigenvalue weighted by atomic mass is 9.87. The molecule has 1 aliphatic carbocycles. The number of anilines is 1. The number of hydrogen-bond donors (Lipinski definition) is 2. The number of fused-ring (bicyclic) bond motifs is 1. The number of thioether (sulfide) groups is 1. The molecule has 7 heteroatoms. The van der Waals surface area contributed by atoms with E-state index in [1.54, 1.807) is 12.1 Å². The van der Waals surface area contributed by atoms with Gasteiger partial charge in [-0.3, -0.25) is 14.9 Å². The van der Waals surface area contributed by atoms with Crippen LogP contribution in [-0.2, 0) is 11.2 Å². The summed E-state index contributed by atoms with van der Waals surface area (Å²) in [4.78, 5) is 23.7. The summed E-state index contributed by atoms with van der Waals surface area (Å²) in [7, 11) is 0. The van der Waals surface area contributed by atoms with E-state index in [9.17, 15) is 14.9 Å². The van der Waals surface area contributed by atoms with Crippen molar-refractivity contribution in [3.63, 3.8) is 0 Å². The minimum absolute atomic E-state index is 0.00626. The Kier molecular flexibility index (Phi) is 5.46. The van der Waals surface area contributed by atoms with E-state index < -0.39 is 4.92 Å². The second-order valence-electron chi connectivity index (χ2n) is 6.42. The van der Waals surface area contributed by atoms with Crippen LogP contribution >= 0.6 is 11.8 Å². The lowest BCUT2D eigenvalue weighted by Crippen LogP contribution is -2.35. The standard InChI is InChI=1S/C19H21N3O3S/c1-12(26-16-8-6-15(7-9-16)22(24)25)19(23)21-18-4-2-3-13-11-14(20)5-10-17(13)18/h5-12,18H,2-4,20H2,1H3,(H,21,23). The van der Waals surface area contributed by atoms with Crippen molar-refractivity contribution in [2.24, 2.45) is 0 Å². The highest BCUT2D eigenvalue weighted by Gasteiger charge is 2.24. The van der Waals surface area contributed by atoms with E-state index in [1.807, 2.05) is 25.1 Å². The summed E-state index contributed by atoms with van der Waals surface area (Å²) in [5.41, 5.74) is 9.00. The first-order valence-corrected chi connectivity index (χ1v) is 9.42. The molecule has 0 aromatic heterocycles. The number of nitrogens with two attached hydrogens (primary N) is 1. The largest absolute Gasteiger partial charge is 0.399 e. The number of hydrogen-bond acceptors (Lipinski definition) is 5. The molecule has 0 saturated heterocycles. The fraction of sp³-hybridized carbons (Fsp3) is 0.316. The van der Waals surface area contributed by atoms with Crippen molar-refractivity contribution in [3.8, 4) is 0 Å². The number of non-ortho nitro benzene ring substituents is 1. The fourth-order valence-electron chi connectivity index (χ4n) is 3.18. The number of nitro benzene ring substituents is 1. The molecule has 136 valence electrons. The number of carbonyl (C=O) groups excluding carboxylic acids is 1. The van der Waals surface area contributed by atoms with Crippen LogP contribution in [0.5, 0.6) is 0 Å². The lowest BCUT2D eigenvalue weighted by molar-refractivity contribution is -0.384. The van der Waals surface area contributed by atoms with Gasteiger partial charge in [0.25, 0.3) is 5.69 Å². The molecule has 0 saturated carbocycles. The Hall–Kier alpha value is -2.54. The van der Waals surface area contributed by atoms with E-state index >= 15 is 0 Å². The molecule has 3 N–H and O–H groups in total. The maximum atomic E-state index is 12.6. The average molecular weight is 371 g/mol. The van der Waals surface area contributed by atoms with Gasteiger partial charge in [-0.1, -0.05) is 6.07 Å². The Labute approximate surface area is 156 Å². The van der Waals surface area contributed by atoms with Gasteiger partial charge in [-0.25, -0.2) is 0 Å². The lowest BCUT2D eigenvalue weighted by Gasteiger charge is -2.27. The van der Waals surface area contributed by atoms with E-state index in [1.165, 1.54) is 29.5 Å². The molecule has 2 aromatic carbocycles. The van der Waals surface area contributed by atoms with E-state index in [0.717, 1.165) is 35.4 Å². The van der Waals surface area contributed by atoms with Crippen molar-refractivity contribution in [1.82, 2.24) is 5.32 Å². The zero-order chi connectivity index (χ0) is 18.7. The molecular weight excluding hydrogens is 350 g/mol. The number of carbonyl (C=O) groups is 1.